The predicted octanol–water partition coefficient (Wildman–Crippen LogP) is 7.59. The van der Waals surface area contributed by atoms with Gasteiger partial charge >= 0.3 is 23.4 Å². The molecule has 1 aliphatic heterocycles. The third kappa shape index (κ3) is 7.70. The molecule has 1 aliphatic rings. The van der Waals surface area contributed by atoms with Crippen molar-refractivity contribution in [2.45, 2.75) is 70.1 Å². The fraction of sp³-hybridized carbons (Fsp3) is 0.355. The van der Waals surface area contributed by atoms with E-state index in [0.717, 1.165) is 24.1 Å². The number of aliphatic hydroxyl groups is 1. The minimum absolute atomic E-state index is 0.0123. The number of esters is 1. The van der Waals surface area contributed by atoms with E-state index in [4.69, 9.17) is 8.92 Å². The first-order valence-electron chi connectivity index (χ1n) is 13.7. The van der Waals surface area contributed by atoms with Gasteiger partial charge < -0.3 is 14.0 Å². The van der Waals surface area contributed by atoms with Crippen LogP contribution in [-0.2, 0) is 33.4 Å². The molecule has 0 bridgehead atoms. The molecule has 0 aliphatic carbocycles. The van der Waals surface area contributed by atoms with E-state index < -0.39 is 40.5 Å². The average Bonchev–Trinajstić information content (AvgIpc) is 2.94. The number of carbonyl (C=O) groups is 1. The van der Waals surface area contributed by atoms with Gasteiger partial charge in [0.25, 0.3) is 0 Å². The molecule has 3 aromatic rings. The van der Waals surface area contributed by atoms with Gasteiger partial charge in [-0.1, -0.05) is 62.7 Å². The van der Waals surface area contributed by atoms with E-state index in [9.17, 15) is 27.3 Å². The third-order valence-corrected chi connectivity index (χ3v) is 7.94. The molecule has 42 heavy (non-hydrogen) atoms. The fourth-order valence-corrected chi connectivity index (χ4v) is 5.86. The van der Waals surface area contributed by atoms with Crippen LogP contribution in [0, 0.1) is 0 Å². The zero-order chi connectivity index (χ0) is 30.3. The largest absolute Gasteiger partial charge is 0.512 e. The predicted molar refractivity (Wildman–Crippen MR) is 154 cm³/mol. The van der Waals surface area contributed by atoms with Crippen LogP contribution in [0.1, 0.15) is 68.6 Å². The van der Waals surface area contributed by atoms with E-state index >= 15 is 0 Å². The molecular weight excluding hydrogens is 569 g/mol. The lowest BCUT2D eigenvalue weighted by Crippen LogP contribution is -2.41. The lowest BCUT2D eigenvalue weighted by atomic mass is 9.80. The van der Waals surface area contributed by atoms with Gasteiger partial charge in [-0.3, -0.25) is 4.72 Å². The number of benzene rings is 2. The molecule has 224 valence electrons. The summed E-state index contributed by atoms with van der Waals surface area (Å²) in [6.45, 7) is 3.90. The summed E-state index contributed by atoms with van der Waals surface area (Å²) in [4.78, 5) is 17.0. The second-order valence-corrected chi connectivity index (χ2v) is 11.1. The molecule has 11 heteroatoms. The Morgan fingerprint density at radius 2 is 1.86 bits per heavy atom. The van der Waals surface area contributed by atoms with E-state index in [-0.39, 0.29) is 23.6 Å². The van der Waals surface area contributed by atoms with Crippen LogP contribution in [-0.4, -0.2) is 25.9 Å². The molecule has 0 saturated carbocycles. The van der Waals surface area contributed by atoms with Crippen molar-refractivity contribution in [3.05, 3.63) is 101 Å². The lowest BCUT2D eigenvalue weighted by Gasteiger charge is -2.38. The number of anilines is 1. The Kier molecular flexibility index (Phi) is 9.93. The number of hydrogen-bond acceptors (Lipinski definition) is 6. The average molecular weight is 603 g/mol. The Balaban J connectivity index is 1.49. The van der Waals surface area contributed by atoms with Gasteiger partial charge in [0.2, 0.25) is 5.88 Å². The molecule has 2 aromatic carbocycles. The van der Waals surface area contributed by atoms with Crippen molar-refractivity contribution >= 4 is 22.9 Å². The zero-order valence-corrected chi connectivity index (χ0v) is 24.1. The second kappa shape index (κ2) is 13.4. The van der Waals surface area contributed by atoms with Crippen LogP contribution in [0.4, 0.5) is 18.9 Å². The molecule has 4 rings (SSSR count). The summed E-state index contributed by atoms with van der Waals surface area (Å²) in [5.74, 6) is -1.28. The molecule has 1 unspecified atom stereocenters. The summed E-state index contributed by atoms with van der Waals surface area (Å²) >= 11 is -2.17. The normalized spacial score (nSPS) is 18.7. The van der Waals surface area contributed by atoms with Gasteiger partial charge in [-0.15, -0.1) is 0 Å². The first-order valence-corrected chi connectivity index (χ1v) is 14.8. The summed E-state index contributed by atoms with van der Waals surface area (Å²) in [6.07, 6.45) is -0.534. The molecule has 7 nitrogen and oxygen atoms in total. The minimum atomic E-state index is -4.55. The van der Waals surface area contributed by atoms with Gasteiger partial charge in [-0.2, -0.15) is 17.4 Å². The molecule has 0 radical (unpaired) electrons. The number of pyridine rings is 1. The van der Waals surface area contributed by atoms with Crippen LogP contribution in [0.2, 0.25) is 0 Å². The van der Waals surface area contributed by atoms with E-state index in [1.54, 1.807) is 24.3 Å². The number of nitrogens with one attached hydrogen (secondary N) is 1. The summed E-state index contributed by atoms with van der Waals surface area (Å²) in [7, 11) is 0. The van der Waals surface area contributed by atoms with Crippen molar-refractivity contribution < 1.29 is 36.2 Å². The number of hydrogen-bond donors (Lipinski definition) is 2. The van der Waals surface area contributed by atoms with E-state index in [1.807, 2.05) is 44.2 Å². The quantitative estimate of drug-likeness (QED) is 0.207. The second-order valence-electron chi connectivity index (χ2n) is 10.2. The Hall–Kier alpha value is -3.86. The van der Waals surface area contributed by atoms with Crippen molar-refractivity contribution in [3.63, 3.8) is 0 Å². The van der Waals surface area contributed by atoms with Gasteiger partial charge in [0, 0.05) is 30.3 Å². The first kappa shape index (κ1) is 31.1. The van der Waals surface area contributed by atoms with Crippen molar-refractivity contribution in [2.24, 2.45) is 0 Å². The molecule has 0 fully saturated rings. The van der Waals surface area contributed by atoms with Gasteiger partial charge in [-0.05, 0) is 55.0 Å². The maximum absolute atomic E-state index is 13.4. The van der Waals surface area contributed by atoms with Gasteiger partial charge in [-0.25, -0.2) is 9.78 Å². The highest BCUT2D eigenvalue weighted by molar-refractivity contribution is 7.81. The van der Waals surface area contributed by atoms with E-state index in [2.05, 4.69) is 9.71 Å². The van der Waals surface area contributed by atoms with Gasteiger partial charge in [0.05, 0.1) is 11.1 Å². The molecule has 0 spiro atoms. The topological polar surface area (TPSA) is 97.8 Å². The van der Waals surface area contributed by atoms with Crippen molar-refractivity contribution in [1.82, 2.24) is 4.98 Å². The standard InChI is InChI=1S/C31H33F3N2O5S/c1-3-16-30(17-15-21-9-6-5-7-10-21)19-26(37)28(29(38)40-30)25(4-2)22-11-8-12-24(18-22)36-42(39)41-27-14-13-23(20-35-27)31(32,33)34/h5-14,18,20,25,36-37H,3-4,15-17,19H2,1-2H3/t25-,30+,42?/m0/s1. The highest BCUT2D eigenvalue weighted by atomic mass is 32.2. The Morgan fingerprint density at radius 1 is 1.10 bits per heavy atom. The molecule has 2 N–H and O–H groups in total. The lowest BCUT2D eigenvalue weighted by molar-refractivity contribution is -0.161. The maximum Gasteiger partial charge on any atom is 0.417 e. The molecule has 0 saturated heterocycles. The Bertz CT molecular complexity index is 1430. The molecule has 2 heterocycles. The molecular formula is C31H33F3N2O5S. The van der Waals surface area contributed by atoms with Crippen LogP contribution < -0.4 is 8.91 Å². The number of rotatable bonds is 12. The van der Waals surface area contributed by atoms with Crippen LogP contribution in [0.15, 0.2) is 84.3 Å². The highest BCUT2D eigenvalue weighted by Crippen LogP contribution is 2.42. The Morgan fingerprint density at radius 3 is 2.48 bits per heavy atom. The fourth-order valence-electron chi connectivity index (χ4n) is 5.24. The van der Waals surface area contributed by atoms with Crippen molar-refractivity contribution in [2.75, 3.05) is 4.72 Å². The van der Waals surface area contributed by atoms with Crippen LogP contribution in [0.25, 0.3) is 0 Å². The number of aliphatic hydroxyl groups excluding tert-OH is 1. The van der Waals surface area contributed by atoms with Crippen LogP contribution >= 0.6 is 0 Å². The number of carbonyl (C=O) groups excluding carboxylic acids is 1. The number of nitrogens with zero attached hydrogens (tertiary/aromatic N) is 1. The van der Waals surface area contributed by atoms with E-state index in [1.165, 1.54) is 0 Å². The number of aryl methyl sites for hydroxylation is 1. The number of halogens is 3. The molecule has 0 amide bonds. The summed E-state index contributed by atoms with van der Waals surface area (Å²) in [5.41, 5.74) is 0.643. The number of cyclic esters (lactones) is 1. The number of ether oxygens (including phenoxy) is 1. The van der Waals surface area contributed by atoms with Crippen molar-refractivity contribution in [1.29, 1.82) is 0 Å². The number of alkyl halides is 3. The van der Waals surface area contributed by atoms with Gasteiger partial charge in [0.1, 0.15) is 11.4 Å². The Labute approximate surface area is 245 Å². The summed E-state index contributed by atoms with van der Waals surface area (Å²) in [6, 6.07) is 18.5. The van der Waals surface area contributed by atoms with Gasteiger partial charge in [0.15, 0.2) is 0 Å². The molecule has 3 atom stereocenters. The monoisotopic (exact) mass is 602 g/mol. The van der Waals surface area contributed by atoms with Crippen molar-refractivity contribution in [3.8, 4) is 5.88 Å². The SMILES string of the molecule is CCC[C@@]1(CCc2ccccc2)CC(O)=C([C@@H](CC)c2cccc(NS(=O)Oc3ccc(C(F)(F)F)cn3)c2)C(=O)O1. The first-order chi connectivity index (χ1) is 20.0. The molecule has 1 aromatic heterocycles. The smallest absolute Gasteiger partial charge is 0.417 e. The summed E-state index contributed by atoms with van der Waals surface area (Å²) < 4.78 is 64.6. The summed E-state index contributed by atoms with van der Waals surface area (Å²) in [5, 5.41) is 11.2. The zero-order valence-electron chi connectivity index (χ0n) is 23.3. The van der Waals surface area contributed by atoms with Crippen LogP contribution in [0.5, 0.6) is 5.88 Å². The van der Waals surface area contributed by atoms with Crippen LogP contribution in [0.3, 0.4) is 0 Å². The minimum Gasteiger partial charge on any atom is -0.512 e. The third-order valence-electron chi connectivity index (χ3n) is 7.22. The highest BCUT2D eigenvalue weighted by Gasteiger charge is 2.43. The number of aromatic nitrogens is 1. The van der Waals surface area contributed by atoms with E-state index in [0.29, 0.717) is 43.1 Å². The maximum atomic E-state index is 13.4.